The van der Waals surface area contributed by atoms with E-state index in [0.717, 1.165) is 0 Å². The second-order valence-corrected chi connectivity index (χ2v) is 5.07. The van der Waals surface area contributed by atoms with Crippen molar-refractivity contribution < 1.29 is 14.3 Å². The number of aliphatic carboxylic acids is 1. The number of carboxylic acids is 1. The molecule has 1 rings (SSSR count). The third-order valence-electron chi connectivity index (χ3n) is 3.60. The van der Waals surface area contributed by atoms with E-state index in [4.69, 9.17) is 11.6 Å². The molecule has 0 fully saturated rings. The van der Waals surface area contributed by atoms with Gasteiger partial charge in [-0.25, -0.2) is 4.39 Å². The lowest BCUT2D eigenvalue weighted by atomic mass is 9.82. The Hall–Kier alpha value is -1.13. The Kier molecular flexibility index (Phi) is 5.76. The highest BCUT2D eigenvalue weighted by Gasteiger charge is 2.34. The predicted octanol–water partition coefficient (Wildman–Crippen LogP) is 3.46. The summed E-state index contributed by atoms with van der Waals surface area (Å²) >= 11 is 5.67. The molecule has 2 N–H and O–H groups in total. The minimum Gasteiger partial charge on any atom is -0.481 e. The summed E-state index contributed by atoms with van der Waals surface area (Å²) in [6.45, 7) is 4.31. The monoisotopic (exact) mass is 287 g/mol. The van der Waals surface area contributed by atoms with E-state index < -0.39 is 11.4 Å². The molecule has 0 heterocycles. The molecule has 19 heavy (non-hydrogen) atoms. The van der Waals surface area contributed by atoms with Gasteiger partial charge in [-0.3, -0.25) is 4.79 Å². The van der Waals surface area contributed by atoms with Crippen molar-refractivity contribution in [2.24, 2.45) is 5.41 Å². The summed E-state index contributed by atoms with van der Waals surface area (Å²) in [4.78, 5) is 11.3. The van der Waals surface area contributed by atoms with Gasteiger partial charge >= 0.3 is 5.97 Å². The zero-order valence-corrected chi connectivity index (χ0v) is 11.9. The molecular weight excluding hydrogens is 269 g/mol. The first-order chi connectivity index (χ1) is 8.95. The Bertz CT molecular complexity index is 447. The van der Waals surface area contributed by atoms with Gasteiger partial charge in [-0.1, -0.05) is 31.5 Å². The number of nitrogens with one attached hydrogen (secondary N) is 1. The van der Waals surface area contributed by atoms with Crippen molar-refractivity contribution >= 4 is 17.6 Å². The number of halogens is 2. The molecular formula is C14H19ClFNO2. The smallest absolute Gasteiger partial charge is 0.310 e. The topological polar surface area (TPSA) is 49.3 Å². The average Bonchev–Trinajstić information content (AvgIpc) is 2.37. The van der Waals surface area contributed by atoms with Gasteiger partial charge in [-0.15, -0.1) is 0 Å². The molecule has 0 aliphatic rings. The van der Waals surface area contributed by atoms with Crippen molar-refractivity contribution in [1.82, 2.24) is 5.32 Å². The molecule has 0 saturated heterocycles. The van der Waals surface area contributed by atoms with Crippen LogP contribution in [0.4, 0.5) is 4.39 Å². The van der Waals surface area contributed by atoms with E-state index in [9.17, 15) is 14.3 Å². The molecule has 0 atom stereocenters. The Morgan fingerprint density at radius 3 is 2.53 bits per heavy atom. The zero-order valence-electron chi connectivity index (χ0n) is 11.2. The highest BCUT2D eigenvalue weighted by atomic mass is 35.5. The van der Waals surface area contributed by atoms with Gasteiger partial charge in [0.05, 0.1) is 5.41 Å². The van der Waals surface area contributed by atoms with E-state index in [2.05, 4.69) is 5.32 Å². The molecule has 0 saturated carbocycles. The predicted molar refractivity (Wildman–Crippen MR) is 73.8 cm³/mol. The largest absolute Gasteiger partial charge is 0.481 e. The van der Waals surface area contributed by atoms with Crippen molar-refractivity contribution in [3.05, 3.63) is 34.6 Å². The maximum Gasteiger partial charge on any atom is 0.310 e. The molecule has 0 aliphatic carbocycles. The molecule has 1 aromatic rings. The van der Waals surface area contributed by atoms with Crippen LogP contribution in [0.25, 0.3) is 0 Å². The highest BCUT2D eigenvalue weighted by molar-refractivity contribution is 6.30. The van der Waals surface area contributed by atoms with Crippen LogP contribution in [0.3, 0.4) is 0 Å². The van der Waals surface area contributed by atoms with E-state index in [1.807, 2.05) is 13.8 Å². The Labute approximate surface area is 117 Å². The second kappa shape index (κ2) is 6.87. The lowest BCUT2D eigenvalue weighted by molar-refractivity contribution is -0.149. The second-order valence-electron chi connectivity index (χ2n) is 4.63. The van der Waals surface area contributed by atoms with Gasteiger partial charge in [0.2, 0.25) is 0 Å². The number of carboxylic acid groups (broad SMARTS) is 1. The first-order valence-electron chi connectivity index (χ1n) is 6.33. The first kappa shape index (κ1) is 15.9. The van der Waals surface area contributed by atoms with Gasteiger partial charge in [0.25, 0.3) is 0 Å². The summed E-state index contributed by atoms with van der Waals surface area (Å²) in [5.41, 5.74) is -0.306. The molecule has 0 radical (unpaired) electrons. The summed E-state index contributed by atoms with van der Waals surface area (Å²) in [6, 6.07) is 4.47. The average molecular weight is 288 g/mol. The van der Waals surface area contributed by atoms with E-state index in [1.54, 1.807) is 12.1 Å². The van der Waals surface area contributed by atoms with Crippen LogP contribution in [-0.2, 0) is 11.3 Å². The number of hydrogen-bond acceptors (Lipinski definition) is 2. The van der Waals surface area contributed by atoms with Crippen molar-refractivity contribution in [3.63, 3.8) is 0 Å². The van der Waals surface area contributed by atoms with Gasteiger partial charge in [-0.05, 0) is 25.0 Å². The molecule has 1 aromatic carbocycles. The van der Waals surface area contributed by atoms with Crippen molar-refractivity contribution in [1.29, 1.82) is 0 Å². The van der Waals surface area contributed by atoms with Crippen LogP contribution in [0.1, 0.15) is 32.3 Å². The van der Waals surface area contributed by atoms with Crippen LogP contribution in [0.15, 0.2) is 18.2 Å². The van der Waals surface area contributed by atoms with Crippen LogP contribution < -0.4 is 5.32 Å². The van der Waals surface area contributed by atoms with E-state index >= 15 is 0 Å². The fourth-order valence-corrected chi connectivity index (χ4v) is 2.14. The number of benzene rings is 1. The minimum atomic E-state index is -0.818. The summed E-state index contributed by atoms with van der Waals surface area (Å²) in [6.07, 6.45) is 1.07. The SMILES string of the molecule is CCC(CC)(CNCc1ccc(Cl)cc1F)C(=O)O. The summed E-state index contributed by atoms with van der Waals surface area (Å²) < 4.78 is 13.6. The number of rotatable bonds is 7. The van der Waals surface area contributed by atoms with Gasteiger partial charge in [0.1, 0.15) is 5.82 Å². The van der Waals surface area contributed by atoms with Gasteiger partial charge in [0, 0.05) is 23.7 Å². The molecule has 0 spiro atoms. The molecule has 5 heteroatoms. The van der Waals surface area contributed by atoms with Crippen molar-refractivity contribution in [3.8, 4) is 0 Å². The zero-order chi connectivity index (χ0) is 14.5. The van der Waals surface area contributed by atoms with Crippen molar-refractivity contribution in [2.75, 3.05) is 6.54 Å². The highest BCUT2D eigenvalue weighted by Crippen LogP contribution is 2.26. The van der Waals surface area contributed by atoms with Gasteiger partial charge < -0.3 is 10.4 Å². The fourth-order valence-electron chi connectivity index (χ4n) is 1.98. The normalized spacial score (nSPS) is 11.6. The Balaban J connectivity index is 2.64. The lowest BCUT2D eigenvalue weighted by Crippen LogP contribution is -2.40. The van der Waals surface area contributed by atoms with Gasteiger partial charge in [-0.2, -0.15) is 0 Å². The van der Waals surface area contributed by atoms with Crippen LogP contribution >= 0.6 is 11.6 Å². The first-order valence-corrected chi connectivity index (χ1v) is 6.71. The summed E-state index contributed by atoms with van der Waals surface area (Å²) in [5.74, 6) is -1.20. The van der Waals surface area contributed by atoms with E-state index in [0.29, 0.717) is 30.0 Å². The summed E-state index contributed by atoms with van der Waals surface area (Å²) in [7, 11) is 0. The maximum absolute atomic E-state index is 13.6. The number of hydrogen-bond donors (Lipinski definition) is 2. The molecule has 106 valence electrons. The van der Waals surface area contributed by atoms with Crippen LogP contribution in [-0.4, -0.2) is 17.6 Å². The van der Waals surface area contributed by atoms with E-state index in [-0.39, 0.29) is 12.4 Å². The van der Waals surface area contributed by atoms with Crippen LogP contribution in [0, 0.1) is 11.2 Å². The summed E-state index contributed by atoms with van der Waals surface area (Å²) in [5, 5.41) is 12.7. The van der Waals surface area contributed by atoms with E-state index in [1.165, 1.54) is 6.07 Å². The molecule has 0 amide bonds. The lowest BCUT2D eigenvalue weighted by Gasteiger charge is -2.27. The van der Waals surface area contributed by atoms with Gasteiger partial charge in [0.15, 0.2) is 0 Å². The standard InChI is InChI=1S/C14H19ClFNO2/c1-3-14(4-2,13(18)19)9-17-8-10-5-6-11(15)7-12(10)16/h5-7,17H,3-4,8-9H2,1-2H3,(H,18,19). The van der Waals surface area contributed by atoms with Crippen molar-refractivity contribution in [2.45, 2.75) is 33.2 Å². The minimum absolute atomic E-state index is 0.290. The Morgan fingerprint density at radius 1 is 1.42 bits per heavy atom. The fraction of sp³-hybridized carbons (Fsp3) is 0.500. The quantitative estimate of drug-likeness (QED) is 0.807. The van der Waals surface area contributed by atoms with Crippen LogP contribution in [0.2, 0.25) is 5.02 Å². The van der Waals surface area contributed by atoms with Crippen LogP contribution in [0.5, 0.6) is 0 Å². The maximum atomic E-state index is 13.6. The third-order valence-corrected chi connectivity index (χ3v) is 3.84. The molecule has 0 bridgehead atoms. The Morgan fingerprint density at radius 2 is 2.05 bits per heavy atom. The molecule has 0 aromatic heterocycles. The molecule has 3 nitrogen and oxygen atoms in total. The molecule has 0 unspecified atom stereocenters. The third kappa shape index (κ3) is 3.91. The number of carbonyl (C=O) groups is 1. The molecule has 0 aliphatic heterocycles.